The number of hydrogen-bond acceptors (Lipinski definition) is 4. The molecule has 2 fully saturated rings. The average molecular weight is 304 g/mol. The van der Waals surface area contributed by atoms with Gasteiger partial charge >= 0.3 is 0 Å². The Kier molecular flexibility index (Phi) is 5.10. The van der Waals surface area contributed by atoms with Crippen LogP contribution in [-0.4, -0.2) is 50.3 Å². The van der Waals surface area contributed by atoms with Gasteiger partial charge < -0.3 is 10.5 Å². The van der Waals surface area contributed by atoms with E-state index >= 15 is 0 Å². The molecule has 1 aliphatic heterocycles. The summed E-state index contributed by atoms with van der Waals surface area (Å²) in [6, 6.07) is 0. The molecule has 3 unspecified atom stereocenters. The van der Waals surface area contributed by atoms with Crippen LogP contribution in [-0.2, 0) is 14.8 Å². The first-order chi connectivity index (χ1) is 9.39. The summed E-state index contributed by atoms with van der Waals surface area (Å²) in [4.78, 5) is 0. The van der Waals surface area contributed by atoms with Gasteiger partial charge in [0.25, 0.3) is 0 Å². The molecule has 0 bridgehead atoms. The molecule has 2 N–H and O–H groups in total. The molecular weight excluding hydrogens is 276 g/mol. The van der Waals surface area contributed by atoms with Crippen LogP contribution < -0.4 is 5.73 Å². The normalized spacial score (nSPS) is 35.6. The Bertz CT molecular complexity index is 420. The summed E-state index contributed by atoms with van der Waals surface area (Å²) in [5.41, 5.74) is 5.58. The molecule has 0 aromatic heterocycles. The molecule has 2 rings (SSSR count). The lowest BCUT2D eigenvalue weighted by molar-refractivity contribution is 0.114. The molecule has 0 spiro atoms. The summed E-state index contributed by atoms with van der Waals surface area (Å²) in [5, 5.41) is 0. The average Bonchev–Trinajstić information content (AvgIpc) is 2.89. The van der Waals surface area contributed by atoms with Gasteiger partial charge in [-0.25, -0.2) is 8.42 Å². The minimum absolute atomic E-state index is 0.0969. The monoisotopic (exact) mass is 304 g/mol. The lowest BCUT2D eigenvalue weighted by Gasteiger charge is -2.45. The van der Waals surface area contributed by atoms with Gasteiger partial charge in [0.2, 0.25) is 10.0 Å². The topological polar surface area (TPSA) is 72.6 Å². The first kappa shape index (κ1) is 16.2. The summed E-state index contributed by atoms with van der Waals surface area (Å²) >= 11 is 0. The highest BCUT2D eigenvalue weighted by Gasteiger charge is 2.43. The Morgan fingerprint density at radius 2 is 2.10 bits per heavy atom. The maximum absolute atomic E-state index is 12.6. The summed E-state index contributed by atoms with van der Waals surface area (Å²) in [6.07, 6.45) is 5.62. The first-order valence-electron chi connectivity index (χ1n) is 7.68. The standard InChI is InChI=1S/C14H28N2O3S/c1-12-5-3-7-14(9-12,11-15)16(2)20(17,18)10-13-6-4-8-19-13/h12-13H,3-11,15H2,1-2H3. The van der Waals surface area contributed by atoms with E-state index in [0.717, 1.165) is 32.1 Å². The molecule has 6 heteroatoms. The molecular formula is C14H28N2O3S. The van der Waals surface area contributed by atoms with E-state index in [9.17, 15) is 8.42 Å². The lowest BCUT2D eigenvalue weighted by atomic mass is 9.76. The SMILES string of the molecule is CC1CCCC(CN)(N(C)S(=O)(=O)CC2CCCO2)C1. The van der Waals surface area contributed by atoms with Crippen LogP contribution in [0.4, 0.5) is 0 Å². The Labute approximate surface area is 122 Å². The van der Waals surface area contributed by atoms with Crippen LogP contribution in [0.1, 0.15) is 45.4 Å². The third-order valence-corrected chi connectivity index (χ3v) is 6.97. The largest absolute Gasteiger partial charge is 0.377 e. The van der Waals surface area contributed by atoms with Gasteiger partial charge in [-0.15, -0.1) is 0 Å². The molecule has 2 aliphatic rings. The van der Waals surface area contributed by atoms with Gasteiger partial charge in [0, 0.05) is 25.7 Å². The Hall–Kier alpha value is -0.170. The maximum atomic E-state index is 12.6. The van der Waals surface area contributed by atoms with E-state index in [2.05, 4.69) is 6.92 Å². The number of hydrogen-bond donors (Lipinski definition) is 1. The number of ether oxygens (including phenoxy) is 1. The van der Waals surface area contributed by atoms with Crippen LogP contribution in [0.15, 0.2) is 0 Å². The van der Waals surface area contributed by atoms with Crippen molar-refractivity contribution in [2.24, 2.45) is 11.7 Å². The highest BCUT2D eigenvalue weighted by molar-refractivity contribution is 7.89. The zero-order chi connectivity index (χ0) is 14.8. The first-order valence-corrected chi connectivity index (χ1v) is 9.29. The van der Waals surface area contributed by atoms with E-state index in [1.807, 2.05) is 0 Å². The van der Waals surface area contributed by atoms with Crippen LogP contribution in [0, 0.1) is 5.92 Å². The van der Waals surface area contributed by atoms with Crippen molar-refractivity contribution in [2.45, 2.75) is 57.1 Å². The van der Waals surface area contributed by atoms with Crippen molar-refractivity contribution < 1.29 is 13.2 Å². The molecule has 0 radical (unpaired) electrons. The Morgan fingerprint density at radius 3 is 2.65 bits per heavy atom. The zero-order valence-corrected chi connectivity index (χ0v) is 13.5. The molecule has 1 saturated heterocycles. The van der Waals surface area contributed by atoms with E-state index < -0.39 is 15.6 Å². The second-order valence-electron chi connectivity index (χ2n) is 6.51. The second kappa shape index (κ2) is 6.30. The minimum Gasteiger partial charge on any atom is -0.377 e. The third-order valence-electron chi connectivity index (χ3n) is 4.95. The summed E-state index contributed by atoms with van der Waals surface area (Å²) in [5.74, 6) is 0.632. The molecule has 0 amide bonds. The summed E-state index contributed by atoms with van der Waals surface area (Å²) < 4.78 is 32.3. The van der Waals surface area contributed by atoms with Crippen LogP contribution >= 0.6 is 0 Å². The fraction of sp³-hybridized carbons (Fsp3) is 1.00. The molecule has 5 nitrogen and oxygen atoms in total. The number of likely N-dealkylation sites (N-methyl/N-ethyl adjacent to an activating group) is 1. The van der Waals surface area contributed by atoms with Gasteiger partial charge in [-0.2, -0.15) is 4.31 Å². The van der Waals surface area contributed by atoms with Crippen LogP contribution in [0.5, 0.6) is 0 Å². The van der Waals surface area contributed by atoms with Gasteiger partial charge in [-0.1, -0.05) is 19.8 Å². The number of rotatable bonds is 5. The number of nitrogens with zero attached hydrogens (tertiary/aromatic N) is 1. The number of nitrogens with two attached hydrogens (primary N) is 1. The highest BCUT2D eigenvalue weighted by Crippen LogP contribution is 2.37. The van der Waals surface area contributed by atoms with Crippen molar-refractivity contribution in [3.05, 3.63) is 0 Å². The Morgan fingerprint density at radius 1 is 1.35 bits per heavy atom. The van der Waals surface area contributed by atoms with Crippen LogP contribution in [0.25, 0.3) is 0 Å². The molecule has 3 atom stereocenters. The lowest BCUT2D eigenvalue weighted by Crippen LogP contribution is -2.57. The summed E-state index contributed by atoms with van der Waals surface area (Å²) in [6.45, 7) is 3.27. The van der Waals surface area contributed by atoms with Crippen molar-refractivity contribution in [3.63, 3.8) is 0 Å². The fourth-order valence-electron chi connectivity index (χ4n) is 3.65. The van der Waals surface area contributed by atoms with Gasteiger partial charge in [0.05, 0.1) is 11.9 Å². The smallest absolute Gasteiger partial charge is 0.216 e. The van der Waals surface area contributed by atoms with Crippen LogP contribution in [0.3, 0.4) is 0 Å². The van der Waals surface area contributed by atoms with E-state index in [1.165, 1.54) is 6.42 Å². The Balaban J connectivity index is 2.11. The molecule has 1 saturated carbocycles. The van der Waals surface area contributed by atoms with Crippen molar-refractivity contribution in [3.8, 4) is 0 Å². The van der Waals surface area contributed by atoms with Crippen molar-refractivity contribution in [1.82, 2.24) is 4.31 Å². The van der Waals surface area contributed by atoms with E-state index in [4.69, 9.17) is 10.5 Å². The molecule has 1 aliphatic carbocycles. The molecule has 20 heavy (non-hydrogen) atoms. The van der Waals surface area contributed by atoms with Gasteiger partial charge in [-0.05, 0) is 31.6 Å². The van der Waals surface area contributed by atoms with Gasteiger partial charge in [0.1, 0.15) is 0 Å². The van der Waals surface area contributed by atoms with E-state index in [1.54, 1.807) is 11.4 Å². The minimum atomic E-state index is -3.31. The predicted molar refractivity (Wildman–Crippen MR) is 79.9 cm³/mol. The van der Waals surface area contributed by atoms with Gasteiger partial charge in [-0.3, -0.25) is 0 Å². The predicted octanol–water partition coefficient (Wildman–Crippen LogP) is 1.33. The van der Waals surface area contributed by atoms with Crippen molar-refractivity contribution in [1.29, 1.82) is 0 Å². The zero-order valence-electron chi connectivity index (χ0n) is 12.7. The highest BCUT2D eigenvalue weighted by atomic mass is 32.2. The molecule has 118 valence electrons. The van der Waals surface area contributed by atoms with Crippen molar-refractivity contribution in [2.75, 3.05) is 26.0 Å². The summed E-state index contributed by atoms with van der Waals surface area (Å²) in [7, 11) is -1.61. The van der Waals surface area contributed by atoms with E-state index in [-0.39, 0.29) is 11.9 Å². The molecule has 1 heterocycles. The molecule has 0 aromatic rings. The van der Waals surface area contributed by atoms with Crippen LogP contribution in [0.2, 0.25) is 0 Å². The maximum Gasteiger partial charge on any atom is 0.216 e. The number of sulfonamides is 1. The van der Waals surface area contributed by atoms with Crippen molar-refractivity contribution >= 4 is 10.0 Å². The van der Waals surface area contributed by atoms with E-state index in [0.29, 0.717) is 19.1 Å². The quantitative estimate of drug-likeness (QED) is 0.832. The second-order valence-corrected chi connectivity index (χ2v) is 8.56. The molecule has 0 aromatic carbocycles. The fourth-order valence-corrected chi connectivity index (χ4v) is 5.44. The van der Waals surface area contributed by atoms with Gasteiger partial charge in [0.15, 0.2) is 0 Å². The third kappa shape index (κ3) is 3.35.